The average Bonchev–Trinajstić information content (AvgIpc) is 2.93. The molecule has 3 rings (SSSR count). The number of nitrogens with zero attached hydrogens (tertiary/aromatic N) is 2. The molecule has 0 bridgehead atoms. The fraction of sp³-hybridized carbons (Fsp3) is 0.375. The Balaban J connectivity index is 1.86. The van der Waals surface area contributed by atoms with E-state index >= 15 is 0 Å². The Hall–Kier alpha value is -3.56. The summed E-state index contributed by atoms with van der Waals surface area (Å²) >= 11 is 6.24. The Morgan fingerprint density at radius 1 is 0.952 bits per heavy atom. The largest absolute Gasteiger partial charge is 0.494 e. The van der Waals surface area contributed by atoms with Gasteiger partial charge in [0.05, 0.1) is 18.6 Å². The van der Waals surface area contributed by atoms with Crippen LogP contribution in [0.1, 0.15) is 44.7 Å². The highest BCUT2D eigenvalue weighted by atomic mass is 35.5. The van der Waals surface area contributed by atoms with Crippen LogP contribution in [0.2, 0.25) is 5.02 Å². The first kappa shape index (κ1) is 32.9. The number of sulfonamides is 1. The van der Waals surface area contributed by atoms with E-state index in [9.17, 15) is 18.0 Å². The van der Waals surface area contributed by atoms with Crippen LogP contribution in [0.3, 0.4) is 0 Å². The molecule has 0 aromatic heterocycles. The molecule has 42 heavy (non-hydrogen) atoms. The molecule has 0 saturated heterocycles. The van der Waals surface area contributed by atoms with E-state index < -0.39 is 16.1 Å². The number of carbonyl (C=O) groups is 2. The van der Waals surface area contributed by atoms with E-state index in [1.54, 1.807) is 41.3 Å². The van der Waals surface area contributed by atoms with Crippen molar-refractivity contribution in [3.05, 3.63) is 95.0 Å². The number of carbonyl (C=O) groups excluding carboxylic acids is 2. The lowest BCUT2D eigenvalue weighted by Gasteiger charge is -2.32. The number of hydrogen-bond donors (Lipinski definition) is 1. The molecule has 0 aliphatic carbocycles. The third kappa shape index (κ3) is 10.1. The lowest BCUT2D eigenvalue weighted by atomic mass is 10.0. The van der Waals surface area contributed by atoms with E-state index in [0.29, 0.717) is 29.5 Å². The van der Waals surface area contributed by atoms with E-state index in [2.05, 4.69) is 5.32 Å². The van der Waals surface area contributed by atoms with Crippen molar-refractivity contribution in [3.8, 4) is 5.75 Å². The first-order valence-electron chi connectivity index (χ1n) is 14.1. The summed E-state index contributed by atoms with van der Waals surface area (Å²) in [6.45, 7) is 6.41. The van der Waals surface area contributed by atoms with Gasteiger partial charge in [-0.3, -0.25) is 13.9 Å². The van der Waals surface area contributed by atoms with Gasteiger partial charge in [0, 0.05) is 37.0 Å². The van der Waals surface area contributed by atoms with Crippen molar-refractivity contribution in [2.24, 2.45) is 0 Å². The Morgan fingerprint density at radius 3 is 2.21 bits per heavy atom. The van der Waals surface area contributed by atoms with Gasteiger partial charge in [0.1, 0.15) is 11.8 Å². The van der Waals surface area contributed by atoms with Gasteiger partial charge in [0.25, 0.3) is 0 Å². The zero-order valence-electron chi connectivity index (χ0n) is 24.6. The van der Waals surface area contributed by atoms with Crippen LogP contribution in [0.5, 0.6) is 5.75 Å². The van der Waals surface area contributed by atoms with Gasteiger partial charge in [0.15, 0.2) is 0 Å². The summed E-state index contributed by atoms with van der Waals surface area (Å²) in [5.74, 6) is 0.136. The van der Waals surface area contributed by atoms with Crippen LogP contribution in [0, 0.1) is 0 Å². The molecule has 0 heterocycles. The van der Waals surface area contributed by atoms with E-state index in [1.807, 2.05) is 63.2 Å². The topological polar surface area (TPSA) is 96.0 Å². The first-order chi connectivity index (χ1) is 20.0. The first-order valence-corrected chi connectivity index (χ1v) is 16.3. The molecule has 1 unspecified atom stereocenters. The summed E-state index contributed by atoms with van der Waals surface area (Å²) in [4.78, 5) is 29.0. The average molecular weight is 614 g/mol. The van der Waals surface area contributed by atoms with Crippen molar-refractivity contribution in [2.45, 2.75) is 58.7 Å². The van der Waals surface area contributed by atoms with Gasteiger partial charge in [-0.25, -0.2) is 8.42 Å². The molecule has 2 amide bonds. The normalized spacial score (nSPS) is 12.0. The molecule has 3 aromatic carbocycles. The molecule has 0 aliphatic heterocycles. The van der Waals surface area contributed by atoms with Crippen LogP contribution in [0.4, 0.5) is 5.69 Å². The summed E-state index contributed by atoms with van der Waals surface area (Å²) in [6, 6.07) is 22.7. The number of amides is 2. The predicted octanol–water partition coefficient (Wildman–Crippen LogP) is 5.45. The molecule has 226 valence electrons. The summed E-state index contributed by atoms with van der Waals surface area (Å²) in [5.41, 5.74) is 2.20. The second-order valence-electron chi connectivity index (χ2n) is 10.4. The van der Waals surface area contributed by atoms with Crippen LogP contribution < -0.4 is 14.4 Å². The fourth-order valence-corrected chi connectivity index (χ4v) is 5.82. The summed E-state index contributed by atoms with van der Waals surface area (Å²) < 4.78 is 32.1. The maximum Gasteiger partial charge on any atom is 0.243 e. The van der Waals surface area contributed by atoms with Crippen molar-refractivity contribution in [2.75, 3.05) is 23.7 Å². The quantitative estimate of drug-likeness (QED) is 0.246. The van der Waals surface area contributed by atoms with Crippen molar-refractivity contribution in [1.29, 1.82) is 0 Å². The van der Waals surface area contributed by atoms with E-state index in [1.165, 1.54) is 4.31 Å². The van der Waals surface area contributed by atoms with Crippen LogP contribution in [-0.2, 0) is 32.6 Å². The third-order valence-corrected chi connectivity index (χ3v) is 7.96. The zero-order valence-corrected chi connectivity index (χ0v) is 26.2. The molecule has 3 aromatic rings. The molecular formula is C32H40ClN3O5S. The SMILES string of the molecule is CCOc1ccc(N(CCCC(=O)N(Cc2cccc(Cl)c2)C(Cc2ccccc2)C(=O)NC(C)C)S(C)(=O)=O)cc1. The minimum atomic E-state index is -3.61. The number of nitrogens with one attached hydrogen (secondary N) is 1. The van der Waals surface area contributed by atoms with Gasteiger partial charge < -0.3 is 15.0 Å². The lowest BCUT2D eigenvalue weighted by molar-refractivity contribution is -0.141. The number of halogens is 1. The van der Waals surface area contributed by atoms with E-state index in [4.69, 9.17) is 16.3 Å². The highest BCUT2D eigenvalue weighted by Crippen LogP contribution is 2.23. The fourth-order valence-electron chi connectivity index (χ4n) is 4.65. The monoisotopic (exact) mass is 613 g/mol. The zero-order chi connectivity index (χ0) is 30.7. The molecule has 10 heteroatoms. The molecular weight excluding hydrogens is 574 g/mol. The minimum Gasteiger partial charge on any atom is -0.494 e. The molecule has 0 aliphatic rings. The summed E-state index contributed by atoms with van der Waals surface area (Å²) in [6.07, 6.45) is 1.77. The van der Waals surface area contributed by atoms with Gasteiger partial charge in [-0.2, -0.15) is 0 Å². The van der Waals surface area contributed by atoms with Gasteiger partial charge in [0.2, 0.25) is 21.8 Å². The van der Waals surface area contributed by atoms with Gasteiger partial charge in [-0.15, -0.1) is 0 Å². The van der Waals surface area contributed by atoms with Crippen LogP contribution in [-0.4, -0.2) is 56.6 Å². The van der Waals surface area contributed by atoms with Crippen molar-refractivity contribution < 1.29 is 22.7 Å². The van der Waals surface area contributed by atoms with Gasteiger partial charge >= 0.3 is 0 Å². The molecule has 0 radical (unpaired) electrons. The highest BCUT2D eigenvalue weighted by Gasteiger charge is 2.31. The number of ether oxygens (including phenoxy) is 1. The Kier molecular flexibility index (Phi) is 12.2. The predicted molar refractivity (Wildman–Crippen MR) is 168 cm³/mol. The summed E-state index contributed by atoms with van der Waals surface area (Å²) in [5, 5.41) is 3.50. The number of anilines is 1. The molecule has 1 N–H and O–H groups in total. The molecule has 1 atom stereocenters. The number of rotatable bonds is 15. The second-order valence-corrected chi connectivity index (χ2v) is 12.7. The Bertz CT molecular complexity index is 1420. The standard InChI is InChI=1S/C32H40ClN3O5S/c1-5-41-29-18-16-28(17-19-29)36(42(4,39)40)20-10-15-31(37)35(23-26-13-9-14-27(33)21-26)30(32(38)34-24(2)3)22-25-11-7-6-8-12-25/h6-9,11-14,16-19,21,24,30H,5,10,15,20,22-23H2,1-4H3,(H,34,38). The maximum absolute atomic E-state index is 13.9. The molecule has 0 spiro atoms. The molecule has 0 fully saturated rings. The van der Waals surface area contributed by atoms with Crippen molar-refractivity contribution >= 4 is 39.1 Å². The van der Waals surface area contributed by atoms with Crippen LogP contribution in [0.25, 0.3) is 0 Å². The smallest absolute Gasteiger partial charge is 0.243 e. The Labute approximate surface area is 254 Å². The van der Waals surface area contributed by atoms with E-state index in [0.717, 1.165) is 17.4 Å². The highest BCUT2D eigenvalue weighted by molar-refractivity contribution is 7.92. The minimum absolute atomic E-state index is 0.0455. The van der Waals surface area contributed by atoms with E-state index in [-0.39, 0.29) is 43.8 Å². The second kappa shape index (κ2) is 15.6. The molecule has 8 nitrogen and oxygen atoms in total. The van der Waals surface area contributed by atoms with Crippen molar-refractivity contribution in [3.63, 3.8) is 0 Å². The van der Waals surface area contributed by atoms with Gasteiger partial charge in [-0.1, -0.05) is 54.1 Å². The van der Waals surface area contributed by atoms with Crippen molar-refractivity contribution in [1.82, 2.24) is 10.2 Å². The summed E-state index contributed by atoms with van der Waals surface area (Å²) in [7, 11) is -3.61. The maximum atomic E-state index is 13.9. The third-order valence-electron chi connectivity index (χ3n) is 6.53. The number of benzene rings is 3. The lowest BCUT2D eigenvalue weighted by Crippen LogP contribution is -2.51. The Morgan fingerprint density at radius 2 is 1.62 bits per heavy atom. The van der Waals surface area contributed by atoms with Crippen LogP contribution >= 0.6 is 11.6 Å². The van der Waals surface area contributed by atoms with Gasteiger partial charge in [-0.05, 0) is 74.7 Å². The van der Waals surface area contributed by atoms with Crippen LogP contribution in [0.15, 0.2) is 78.9 Å². The molecule has 0 saturated carbocycles. The number of hydrogen-bond acceptors (Lipinski definition) is 5.